The average molecular weight is 236 g/mol. The van der Waals surface area contributed by atoms with Gasteiger partial charge in [-0.25, -0.2) is 4.39 Å². The van der Waals surface area contributed by atoms with Crippen LogP contribution in [0, 0.1) is 5.82 Å². The second-order valence-corrected chi connectivity index (χ2v) is 4.61. The minimum absolute atomic E-state index is 0.263. The fraction of sp³-hybridized carbons (Fsp3) is 0.500. The highest BCUT2D eigenvalue weighted by Gasteiger charge is 2.20. The molecule has 0 saturated heterocycles. The molecule has 1 saturated carbocycles. The minimum Gasteiger partial charge on any atom is -0.426 e. The molecule has 0 aromatic heterocycles. The number of hydrogen-bond acceptors (Lipinski definition) is 2. The van der Waals surface area contributed by atoms with E-state index in [-0.39, 0.29) is 11.8 Å². The van der Waals surface area contributed by atoms with Crippen LogP contribution in [0.1, 0.15) is 50.5 Å². The molecule has 92 valence electrons. The number of benzene rings is 1. The topological polar surface area (TPSA) is 26.3 Å². The first-order valence-electron chi connectivity index (χ1n) is 6.14. The molecule has 0 radical (unpaired) electrons. The predicted octanol–water partition coefficient (Wildman–Crippen LogP) is 3.80. The summed E-state index contributed by atoms with van der Waals surface area (Å²) in [6, 6.07) is 4.40. The van der Waals surface area contributed by atoms with E-state index in [4.69, 9.17) is 4.74 Å². The van der Waals surface area contributed by atoms with Crippen molar-refractivity contribution in [2.45, 2.75) is 44.9 Å². The van der Waals surface area contributed by atoms with Gasteiger partial charge in [0.2, 0.25) is 0 Å². The SMILES string of the molecule is CC(=O)Oc1ccc(F)cc1C1CCCCC1. The standard InChI is InChI=1S/C14H17FO2/c1-10(16)17-14-8-7-12(15)9-13(14)11-5-3-2-4-6-11/h7-9,11H,2-6H2,1H3. The van der Waals surface area contributed by atoms with E-state index >= 15 is 0 Å². The molecule has 1 aliphatic rings. The largest absolute Gasteiger partial charge is 0.426 e. The maximum absolute atomic E-state index is 13.3. The molecule has 0 amide bonds. The minimum atomic E-state index is -0.353. The molecule has 0 aliphatic heterocycles. The van der Waals surface area contributed by atoms with Gasteiger partial charge in [0, 0.05) is 12.5 Å². The number of esters is 1. The second-order valence-electron chi connectivity index (χ2n) is 4.61. The highest BCUT2D eigenvalue weighted by molar-refractivity contribution is 5.69. The summed E-state index contributed by atoms with van der Waals surface area (Å²) in [5.74, 6) is 0.231. The van der Waals surface area contributed by atoms with Gasteiger partial charge in [-0.05, 0) is 37.0 Å². The van der Waals surface area contributed by atoms with E-state index in [1.807, 2.05) is 0 Å². The van der Waals surface area contributed by atoms with Crippen LogP contribution < -0.4 is 4.74 Å². The van der Waals surface area contributed by atoms with Crippen LogP contribution in [0.5, 0.6) is 5.75 Å². The molecule has 1 aliphatic carbocycles. The second kappa shape index (κ2) is 5.30. The van der Waals surface area contributed by atoms with E-state index < -0.39 is 0 Å². The first-order valence-corrected chi connectivity index (χ1v) is 6.14. The van der Waals surface area contributed by atoms with E-state index in [2.05, 4.69) is 0 Å². The Morgan fingerprint density at radius 3 is 2.65 bits per heavy atom. The lowest BCUT2D eigenvalue weighted by Gasteiger charge is -2.23. The van der Waals surface area contributed by atoms with E-state index in [1.165, 1.54) is 38.3 Å². The van der Waals surface area contributed by atoms with Crippen LogP contribution in [0.3, 0.4) is 0 Å². The normalized spacial score (nSPS) is 16.8. The molecular formula is C14H17FO2. The molecule has 0 atom stereocenters. The summed E-state index contributed by atoms with van der Waals surface area (Å²) in [5, 5.41) is 0. The Hall–Kier alpha value is -1.38. The van der Waals surface area contributed by atoms with Gasteiger partial charge >= 0.3 is 5.97 Å². The van der Waals surface area contributed by atoms with Crippen molar-refractivity contribution in [3.8, 4) is 5.75 Å². The molecule has 2 nitrogen and oxygen atoms in total. The van der Waals surface area contributed by atoms with Crippen LogP contribution in [0.25, 0.3) is 0 Å². The summed E-state index contributed by atoms with van der Waals surface area (Å²) in [4.78, 5) is 11.0. The van der Waals surface area contributed by atoms with Gasteiger partial charge in [0.25, 0.3) is 0 Å². The summed E-state index contributed by atoms with van der Waals surface area (Å²) in [7, 11) is 0. The van der Waals surface area contributed by atoms with Crippen molar-refractivity contribution in [3.63, 3.8) is 0 Å². The zero-order valence-corrected chi connectivity index (χ0v) is 10.0. The highest BCUT2D eigenvalue weighted by atomic mass is 19.1. The lowest BCUT2D eigenvalue weighted by molar-refractivity contribution is -0.131. The summed E-state index contributed by atoms with van der Waals surface area (Å²) < 4.78 is 18.4. The van der Waals surface area contributed by atoms with E-state index in [0.29, 0.717) is 11.7 Å². The van der Waals surface area contributed by atoms with Gasteiger partial charge in [-0.3, -0.25) is 4.79 Å². The Morgan fingerprint density at radius 1 is 1.29 bits per heavy atom. The Balaban J connectivity index is 2.28. The highest BCUT2D eigenvalue weighted by Crippen LogP contribution is 2.37. The fourth-order valence-corrected chi connectivity index (χ4v) is 2.50. The molecular weight excluding hydrogens is 219 g/mol. The van der Waals surface area contributed by atoms with Gasteiger partial charge in [-0.2, -0.15) is 0 Å². The molecule has 17 heavy (non-hydrogen) atoms. The zero-order chi connectivity index (χ0) is 12.3. The molecule has 0 unspecified atom stereocenters. The fourth-order valence-electron chi connectivity index (χ4n) is 2.50. The van der Waals surface area contributed by atoms with Crippen LogP contribution in [0.2, 0.25) is 0 Å². The van der Waals surface area contributed by atoms with Crippen LogP contribution in [-0.2, 0) is 4.79 Å². The number of ether oxygens (including phenoxy) is 1. The molecule has 1 aromatic carbocycles. The average Bonchev–Trinajstić information content (AvgIpc) is 2.32. The molecule has 0 bridgehead atoms. The number of carbonyl (C=O) groups excluding carboxylic acids is 1. The Morgan fingerprint density at radius 2 is 2.00 bits per heavy atom. The summed E-state index contributed by atoms with van der Waals surface area (Å²) >= 11 is 0. The Kier molecular flexibility index (Phi) is 3.77. The van der Waals surface area contributed by atoms with Gasteiger partial charge < -0.3 is 4.74 Å². The monoisotopic (exact) mass is 236 g/mol. The first-order chi connectivity index (χ1) is 8.16. The van der Waals surface area contributed by atoms with Crippen LogP contribution in [0.15, 0.2) is 18.2 Å². The molecule has 0 spiro atoms. The third-order valence-electron chi connectivity index (χ3n) is 3.27. The van der Waals surface area contributed by atoms with E-state index in [0.717, 1.165) is 18.4 Å². The summed E-state index contributed by atoms with van der Waals surface area (Å²) in [5.41, 5.74) is 0.847. The maximum Gasteiger partial charge on any atom is 0.308 e. The third-order valence-corrected chi connectivity index (χ3v) is 3.27. The first kappa shape index (κ1) is 12.1. The van der Waals surface area contributed by atoms with Gasteiger partial charge in [-0.15, -0.1) is 0 Å². The van der Waals surface area contributed by atoms with Crippen molar-refractivity contribution in [1.29, 1.82) is 0 Å². The van der Waals surface area contributed by atoms with Gasteiger partial charge in [-0.1, -0.05) is 19.3 Å². The smallest absolute Gasteiger partial charge is 0.308 e. The molecule has 0 heterocycles. The number of halogens is 1. The number of carbonyl (C=O) groups is 1. The van der Waals surface area contributed by atoms with Crippen LogP contribution >= 0.6 is 0 Å². The molecule has 3 heteroatoms. The Bertz CT molecular complexity index is 409. The van der Waals surface area contributed by atoms with Gasteiger partial charge in [0.05, 0.1) is 0 Å². The van der Waals surface area contributed by atoms with Crippen LogP contribution in [-0.4, -0.2) is 5.97 Å². The van der Waals surface area contributed by atoms with Gasteiger partial charge in [0.1, 0.15) is 11.6 Å². The van der Waals surface area contributed by atoms with Crippen molar-refractivity contribution in [1.82, 2.24) is 0 Å². The third kappa shape index (κ3) is 3.05. The van der Waals surface area contributed by atoms with Crippen molar-refractivity contribution >= 4 is 5.97 Å². The predicted molar refractivity (Wildman–Crippen MR) is 63.5 cm³/mol. The molecule has 0 N–H and O–H groups in total. The maximum atomic E-state index is 13.3. The van der Waals surface area contributed by atoms with Crippen molar-refractivity contribution in [2.75, 3.05) is 0 Å². The van der Waals surface area contributed by atoms with Crippen molar-refractivity contribution in [3.05, 3.63) is 29.6 Å². The summed E-state index contributed by atoms with van der Waals surface area (Å²) in [6.07, 6.45) is 5.69. The molecule has 1 aromatic rings. The van der Waals surface area contributed by atoms with Crippen molar-refractivity contribution < 1.29 is 13.9 Å². The lowest BCUT2D eigenvalue weighted by Crippen LogP contribution is -2.10. The van der Waals surface area contributed by atoms with Crippen molar-refractivity contribution in [2.24, 2.45) is 0 Å². The number of hydrogen-bond donors (Lipinski definition) is 0. The van der Waals surface area contributed by atoms with E-state index in [1.54, 1.807) is 6.07 Å². The quantitative estimate of drug-likeness (QED) is 0.576. The van der Waals surface area contributed by atoms with E-state index in [9.17, 15) is 9.18 Å². The lowest BCUT2D eigenvalue weighted by atomic mass is 9.83. The molecule has 2 rings (SSSR count). The Labute approximate surface area is 101 Å². The van der Waals surface area contributed by atoms with Gasteiger partial charge in [0.15, 0.2) is 0 Å². The molecule has 1 fully saturated rings. The number of rotatable bonds is 2. The summed E-state index contributed by atoms with van der Waals surface area (Å²) in [6.45, 7) is 1.37. The van der Waals surface area contributed by atoms with Crippen LogP contribution in [0.4, 0.5) is 4.39 Å². The zero-order valence-electron chi connectivity index (χ0n) is 10.0.